The van der Waals surface area contributed by atoms with Gasteiger partial charge in [0.2, 0.25) is 0 Å². The average Bonchev–Trinajstić information content (AvgIpc) is 1.73. The van der Waals surface area contributed by atoms with E-state index in [1.54, 1.807) is 0 Å². The van der Waals surface area contributed by atoms with Crippen molar-refractivity contribution >= 4 is 0 Å². The van der Waals surface area contributed by atoms with Crippen LogP contribution in [0.3, 0.4) is 0 Å². The number of hydrogen-bond donors (Lipinski definition) is 3. The first-order chi connectivity index (χ1) is 3.27. The van der Waals surface area contributed by atoms with Gasteiger partial charge in [0.25, 0.3) is 0 Å². The summed E-state index contributed by atoms with van der Waals surface area (Å²) in [6.07, 6.45) is -0.560. The minimum atomic E-state index is -0.560. The Morgan fingerprint density at radius 3 is 1.50 bits per heavy atom. The third-order valence-corrected chi connectivity index (χ3v) is 0.264. The van der Waals surface area contributed by atoms with E-state index in [-0.39, 0.29) is 14.0 Å². The maximum absolute atomic E-state index is 8.11. The highest BCUT2D eigenvalue weighted by Gasteiger charge is 1.83. The average molecular weight is 124 g/mol. The lowest BCUT2D eigenvalue weighted by molar-refractivity contribution is 0.110. The maximum Gasteiger partial charge on any atom is 0.0742 e. The highest BCUT2D eigenvalue weighted by molar-refractivity contribution is 4.33. The fraction of sp³-hybridized carbons (Fsp3) is 1.00. The highest BCUT2D eigenvalue weighted by atomic mass is 16.3. The molecule has 1 atom stereocenters. The quantitative estimate of drug-likeness (QED) is 0.446. The van der Waals surface area contributed by atoms with Crippen molar-refractivity contribution < 1.29 is 15.3 Å². The van der Waals surface area contributed by atoms with E-state index in [2.05, 4.69) is 0 Å². The Bertz CT molecular complexity index is 21.6. The van der Waals surface area contributed by atoms with Crippen LogP contribution in [0.15, 0.2) is 0 Å². The van der Waals surface area contributed by atoms with Gasteiger partial charge in [-0.15, -0.1) is 0 Å². The van der Waals surface area contributed by atoms with Gasteiger partial charge in [0, 0.05) is 7.11 Å². The molecule has 3 N–H and O–H groups in total. The van der Waals surface area contributed by atoms with Gasteiger partial charge in [0.15, 0.2) is 0 Å². The van der Waals surface area contributed by atoms with Crippen LogP contribution < -0.4 is 0 Å². The van der Waals surface area contributed by atoms with Crippen molar-refractivity contribution in [3.63, 3.8) is 0 Å². The van der Waals surface area contributed by atoms with Crippen molar-refractivity contribution in [1.29, 1.82) is 0 Å². The molecule has 3 nitrogen and oxygen atoms in total. The Morgan fingerprint density at radius 2 is 1.50 bits per heavy atom. The third kappa shape index (κ3) is 39.6. The molecule has 0 aliphatic rings. The van der Waals surface area contributed by atoms with Crippen molar-refractivity contribution in [2.75, 3.05) is 13.7 Å². The van der Waals surface area contributed by atoms with Gasteiger partial charge in [0.1, 0.15) is 0 Å². The van der Waals surface area contributed by atoms with Crippen molar-refractivity contribution in [2.24, 2.45) is 0 Å². The largest absolute Gasteiger partial charge is 0.400 e. The van der Waals surface area contributed by atoms with Gasteiger partial charge in [-0.05, 0) is 6.92 Å². The van der Waals surface area contributed by atoms with Crippen LogP contribution in [0, 0.1) is 0 Å². The first-order valence-electron chi connectivity index (χ1n) is 2.01. The number of aliphatic hydroxyl groups excluding tert-OH is 3. The molecule has 54 valence electrons. The predicted molar refractivity (Wildman–Crippen MR) is 33.6 cm³/mol. The van der Waals surface area contributed by atoms with Crippen LogP contribution in [0.2, 0.25) is 0 Å². The van der Waals surface area contributed by atoms with Crippen LogP contribution in [-0.4, -0.2) is 35.1 Å². The van der Waals surface area contributed by atoms with Crippen LogP contribution in [0.4, 0.5) is 0 Å². The lowest BCUT2D eigenvalue weighted by Crippen LogP contribution is -2.03. The summed E-state index contributed by atoms with van der Waals surface area (Å²) in [4.78, 5) is 0. The molecular weight excluding hydrogens is 108 g/mol. The summed E-state index contributed by atoms with van der Waals surface area (Å²) in [6.45, 7) is 1.39. The number of rotatable bonds is 1. The number of hydrogen-bond acceptors (Lipinski definition) is 3. The van der Waals surface area contributed by atoms with Crippen LogP contribution in [0.1, 0.15) is 14.4 Å². The van der Waals surface area contributed by atoms with E-state index in [0.717, 1.165) is 7.11 Å². The van der Waals surface area contributed by atoms with Crippen LogP contribution in [-0.2, 0) is 0 Å². The molecule has 0 saturated heterocycles. The summed E-state index contributed by atoms with van der Waals surface area (Å²) in [5.74, 6) is 0. The Morgan fingerprint density at radius 1 is 1.38 bits per heavy atom. The summed E-state index contributed by atoms with van der Waals surface area (Å²) in [7, 11) is 1.00. The molecule has 0 aromatic rings. The number of aliphatic hydroxyl groups is 3. The van der Waals surface area contributed by atoms with E-state index >= 15 is 0 Å². The smallest absolute Gasteiger partial charge is 0.0742 e. The molecule has 0 saturated carbocycles. The van der Waals surface area contributed by atoms with Gasteiger partial charge >= 0.3 is 0 Å². The summed E-state index contributed by atoms with van der Waals surface area (Å²) in [5, 5.41) is 23.0. The van der Waals surface area contributed by atoms with Crippen LogP contribution in [0.5, 0.6) is 0 Å². The lowest BCUT2D eigenvalue weighted by atomic mass is 10.5. The molecule has 0 spiro atoms. The Balaban J connectivity index is -0.0000000750. The molecule has 0 aliphatic heterocycles. The molecular formula is C5H16O3. The molecule has 0 aliphatic carbocycles. The summed E-state index contributed by atoms with van der Waals surface area (Å²) >= 11 is 0. The van der Waals surface area contributed by atoms with Crippen molar-refractivity contribution in [1.82, 2.24) is 0 Å². The molecule has 1 unspecified atom stereocenters. The van der Waals surface area contributed by atoms with Crippen LogP contribution >= 0.6 is 0 Å². The molecule has 0 amide bonds. The second-order valence-corrected chi connectivity index (χ2v) is 1.03. The molecule has 0 radical (unpaired) electrons. The monoisotopic (exact) mass is 124 g/mol. The van der Waals surface area contributed by atoms with E-state index in [9.17, 15) is 0 Å². The van der Waals surface area contributed by atoms with E-state index in [1.165, 1.54) is 6.92 Å². The van der Waals surface area contributed by atoms with E-state index in [0.29, 0.717) is 0 Å². The molecule has 0 fully saturated rings. The zero-order valence-electron chi connectivity index (χ0n) is 4.63. The first kappa shape index (κ1) is 15.7. The van der Waals surface area contributed by atoms with E-state index in [4.69, 9.17) is 15.3 Å². The van der Waals surface area contributed by atoms with Crippen molar-refractivity contribution in [3.8, 4) is 0 Å². The fourth-order valence-electron chi connectivity index (χ4n) is 0. The van der Waals surface area contributed by atoms with Crippen LogP contribution in [0.25, 0.3) is 0 Å². The standard InChI is InChI=1S/C3H8O2.CH4O.CH4/c1-3(5)2-4;1-2;/h3-5H,2H2,1H3;2H,1H3;1H4. The topological polar surface area (TPSA) is 60.7 Å². The third-order valence-electron chi connectivity index (χ3n) is 0.264. The first-order valence-corrected chi connectivity index (χ1v) is 2.01. The molecule has 0 rings (SSSR count). The Hall–Kier alpha value is -0.120. The minimum absolute atomic E-state index is 0. The van der Waals surface area contributed by atoms with Crippen molar-refractivity contribution in [2.45, 2.75) is 20.5 Å². The van der Waals surface area contributed by atoms with Crippen molar-refractivity contribution in [3.05, 3.63) is 0 Å². The van der Waals surface area contributed by atoms with Gasteiger partial charge in [-0.2, -0.15) is 0 Å². The summed E-state index contributed by atoms with van der Waals surface area (Å²) < 4.78 is 0. The van der Waals surface area contributed by atoms with Gasteiger partial charge < -0.3 is 15.3 Å². The molecule has 0 aromatic carbocycles. The maximum atomic E-state index is 8.11. The van der Waals surface area contributed by atoms with E-state index in [1.807, 2.05) is 0 Å². The summed E-state index contributed by atoms with van der Waals surface area (Å²) in [6, 6.07) is 0. The molecule has 8 heavy (non-hydrogen) atoms. The van der Waals surface area contributed by atoms with Gasteiger partial charge in [-0.1, -0.05) is 7.43 Å². The molecule has 0 aromatic heterocycles. The zero-order chi connectivity index (χ0) is 6.28. The summed E-state index contributed by atoms with van der Waals surface area (Å²) in [5.41, 5.74) is 0. The Kier molecular flexibility index (Phi) is 30.9. The predicted octanol–water partition coefficient (Wildman–Crippen LogP) is -0.396. The molecule has 3 heteroatoms. The second-order valence-electron chi connectivity index (χ2n) is 1.03. The van der Waals surface area contributed by atoms with Gasteiger partial charge in [-0.3, -0.25) is 0 Å². The Labute approximate surface area is 50.6 Å². The van der Waals surface area contributed by atoms with Gasteiger partial charge in [0.05, 0.1) is 12.7 Å². The zero-order valence-corrected chi connectivity index (χ0v) is 4.63. The van der Waals surface area contributed by atoms with E-state index < -0.39 is 6.10 Å². The minimum Gasteiger partial charge on any atom is -0.400 e. The molecule has 0 heterocycles. The fourth-order valence-corrected chi connectivity index (χ4v) is 0. The second kappa shape index (κ2) is 15.8. The van der Waals surface area contributed by atoms with Gasteiger partial charge in [-0.25, -0.2) is 0 Å². The highest BCUT2D eigenvalue weighted by Crippen LogP contribution is 1.68. The molecule has 0 bridgehead atoms. The lowest BCUT2D eigenvalue weighted by Gasteiger charge is -1.90. The SMILES string of the molecule is C.CC(O)CO.CO. The normalized spacial score (nSPS) is 10.1.